The first-order valence-corrected chi connectivity index (χ1v) is 8.90. The fraction of sp³-hybridized carbons (Fsp3) is 0.750. The minimum absolute atomic E-state index is 0. The summed E-state index contributed by atoms with van der Waals surface area (Å²) in [6.07, 6.45) is 2.28. The van der Waals surface area contributed by atoms with Gasteiger partial charge in [0.1, 0.15) is 0 Å². The summed E-state index contributed by atoms with van der Waals surface area (Å²) in [5.74, 6) is 2.27. The fourth-order valence-electron chi connectivity index (χ4n) is 3.28. The number of nitrogens with one attached hydrogen (secondary N) is 1. The zero-order chi connectivity index (χ0) is 17.6. The molecule has 2 fully saturated rings. The molecule has 9 nitrogen and oxygen atoms in total. The lowest BCUT2D eigenvalue weighted by molar-refractivity contribution is -0.131. The monoisotopic (exact) mass is 477 g/mol. The number of aliphatic imine (C=N–C) groups is 1. The average molecular weight is 477 g/mol. The lowest BCUT2D eigenvalue weighted by Crippen LogP contribution is -2.54. The summed E-state index contributed by atoms with van der Waals surface area (Å²) < 4.78 is 4.97. The number of aryl methyl sites for hydroxylation is 1. The zero-order valence-corrected chi connectivity index (χ0v) is 17.8. The topological polar surface area (TPSA) is 90.1 Å². The van der Waals surface area contributed by atoms with Gasteiger partial charge in [0, 0.05) is 53.2 Å². The first-order chi connectivity index (χ1) is 12.2. The van der Waals surface area contributed by atoms with Crippen molar-refractivity contribution in [3.05, 3.63) is 11.7 Å². The van der Waals surface area contributed by atoms with E-state index in [0.717, 1.165) is 58.1 Å². The normalized spacial score (nSPS) is 18.8. The van der Waals surface area contributed by atoms with Crippen LogP contribution in [0, 0.1) is 6.92 Å². The molecule has 1 aromatic heterocycles. The number of carbonyl (C=O) groups is 1. The predicted octanol–water partition coefficient (Wildman–Crippen LogP) is 0.311. The Morgan fingerprint density at radius 3 is 2.42 bits per heavy atom. The maximum atomic E-state index is 12.3. The Morgan fingerprint density at radius 2 is 1.85 bits per heavy atom. The third-order valence-electron chi connectivity index (χ3n) is 4.68. The van der Waals surface area contributed by atoms with Gasteiger partial charge in [-0.05, 0) is 12.8 Å². The molecule has 1 amide bonds. The van der Waals surface area contributed by atoms with Gasteiger partial charge in [-0.3, -0.25) is 14.7 Å². The number of halogens is 1. The van der Waals surface area contributed by atoms with Crippen molar-refractivity contribution in [3.8, 4) is 0 Å². The number of amides is 1. The highest BCUT2D eigenvalue weighted by Crippen LogP contribution is 2.09. The number of hydrogen-bond donors (Lipinski definition) is 1. The van der Waals surface area contributed by atoms with E-state index in [2.05, 4.69) is 30.2 Å². The van der Waals surface area contributed by atoms with Crippen molar-refractivity contribution in [3.63, 3.8) is 0 Å². The molecule has 0 unspecified atom stereocenters. The van der Waals surface area contributed by atoms with Gasteiger partial charge in [0.25, 0.3) is 0 Å². The van der Waals surface area contributed by atoms with Crippen molar-refractivity contribution in [2.45, 2.75) is 26.3 Å². The van der Waals surface area contributed by atoms with Gasteiger partial charge in [-0.1, -0.05) is 5.16 Å². The van der Waals surface area contributed by atoms with Gasteiger partial charge < -0.3 is 19.6 Å². The van der Waals surface area contributed by atoms with E-state index in [4.69, 9.17) is 4.52 Å². The van der Waals surface area contributed by atoms with E-state index in [0.29, 0.717) is 24.8 Å². The van der Waals surface area contributed by atoms with Gasteiger partial charge in [-0.25, -0.2) is 0 Å². The Balaban J connectivity index is 0.00000243. The first kappa shape index (κ1) is 20.9. The summed E-state index contributed by atoms with van der Waals surface area (Å²) in [7, 11) is 1.77. The van der Waals surface area contributed by atoms with Crippen LogP contribution in [0.4, 0.5) is 0 Å². The summed E-state index contributed by atoms with van der Waals surface area (Å²) in [4.78, 5) is 27.2. The summed E-state index contributed by atoms with van der Waals surface area (Å²) in [5.41, 5.74) is 0. The van der Waals surface area contributed by atoms with Crippen molar-refractivity contribution in [2.24, 2.45) is 4.99 Å². The van der Waals surface area contributed by atoms with Gasteiger partial charge in [-0.2, -0.15) is 4.98 Å². The number of nitrogens with zero attached hydrogens (tertiary/aromatic N) is 6. The van der Waals surface area contributed by atoms with Crippen LogP contribution in [-0.2, 0) is 11.3 Å². The molecule has 146 valence electrons. The van der Waals surface area contributed by atoms with Gasteiger partial charge in [0.15, 0.2) is 11.8 Å². The molecule has 0 saturated carbocycles. The maximum Gasteiger partial charge on any atom is 0.236 e. The fourth-order valence-corrected chi connectivity index (χ4v) is 3.28. The molecule has 0 atom stereocenters. The van der Waals surface area contributed by atoms with Crippen LogP contribution in [0.5, 0.6) is 0 Å². The molecule has 0 aromatic carbocycles. The van der Waals surface area contributed by atoms with Crippen molar-refractivity contribution >= 4 is 35.8 Å². The smallest absolute Gasteiger partial charge is 0.236 e. The van der Waals surface area contributed by atoms with Crippen LogP contribution in [-0.4, -0.2) is 89.6 Å². The van der Waals surface area contributed by atoms with E-state index < -0.39 is 0 Å². The number of guanidine groups is 1. The Hall–Kier alpha value is -1.43. The van der Waals surface area contributed by atoms with Gasteiger partial charge in [0.05, 0.1) is 13.1 Å². The Bertz CT molecular complexity index is 607. The standard InChI is InChI=1S/C16H27N7O2.HI/c1-13-19-14(20-25-13)11-18-16(17-2)23-9-7-21(8-10-23)12-15(24)22-5-3-4-6-22;/h3-12H2,1-2H3,(H,17,18);1H. The molecule has 0 spiro atoms. The number of rotatable bonds is 4. The molecule has 1 N–H and O–H groups in total. The third-order valence-corrected chi connectivity index (χ3v) is 4.68. The zero-order valence-electron chi connectivity index (χ0n) is 15.5. The summed E-state index contributed by atoms with van der Waals surface area (Å²) in [6.45, 7) is 8.04. The molecule has 2 aliphatic heterocycles. The van der Waals surface area contributed by atoms with Crippen LogP contribution in [0.25, 0.3) is 0 Å². The van der Waals surface area contributed by atoms with E-state index >= 15 is 0 Å². The van der Waals surface area contributed by atoms with Crippen molar-refractivity contribution in [2.75, 3.05) is 52.9 Å². The average Bonchev–Trinajstić information content (AvgIpc) is 3.28. The number of aromatic nitrogens is 2. The highest BCUT2D eigenvalue weighted by Gasteiger charge is 2.24. The van der Waals surface area contributed by atoms with Crippen molar-refractivity contribution in [1.29, 1.82) is 0 Å². The van der Waals surface area contributed by atoms with Gasteiger partial charge in [0.2, 0.25) is 11.8 Å². The van der Waals surface area contributed by atoms with Crippen LogP contribution < -0.4 is 5.32 Å². The van der Waals surface area contributed by atoms with Crippen LogP contribution in [0.3, 0.4) is 0 Å². The highest BCUT2D eigenvalue weighted by molar-refractivity contribution is 14.0. The second-order valence-electron chi connectivity index (χ2n) is 6.48. The van der Waals surface area contributed by atoms with E-state index in [1.807, 2.05) is 4.90 Å². The minimum Gasteiger partial charge on any atom is -0.349 e. The van der Waals surface area contributed by atoms with E-state index in [1.54, 1.807) is 14.0 Å². The van der Waals surface area contributed by atoms with E-state index in [1.165, 1.54) is 0 Å². The summed E-state index contributed by atoms with van der Waals surface area (Å²) in [6, 6.07) is 0. The lowest BCUT2D eigenvalue weighted by atomic mass is 10.3. The van der Waals surface area contributed by atoms with Crippen LogP contribution in [0.15, 0.2) is 9.52 Å². The summed E-state index contributed by atoms with van der Waals surface area (Å²) in [5, 5.41) is 7.14. The number of likely N-dealkylation sites (tertiary alicyclic amines) is 1. The van der Waals surface area contributed by atoms with Crippen LogP contribution in [0.2, 0.25) is 0 Å². The molecular formula is C16H28IN7O2. The SMILES string of the molecule is CN=C(NCc1noc(C)n1)N1CCN(CC(=O)N2CCCC2)CC1.I. The lowest BCUT2D eigenvalue weighted by Gasteiger charge is -2.36. The molecule has 0 aliphatic carbocycles. The molecule has 10 heteroatoms. The Kier molecular flexibility index (Phi) is 8.07. The first-order valence-electron chi connectivity index (χ1n) is 8.90. The predicted molar refractivity (Wildman–Crippen MR) is 108 cm³/mol. The number of carbonyl (C=O) groups excluding carboxylic acids is 1. The molecule has 26 heavy (non-hydrogen) atoms. The molecule has 1 aromatic rings. The maximum absolute atomic E-state index is 12.3. The van der Waals surface area contributed by atoms with E-state index in [-0.39, 0.29) is 29.9 Å². The third kappa shape index (κ3) is 5.53. The Labute approximate surface area is 171 Å². The largest absolute Gasteiger partial charge is 0.349 e. The number of hydrogen-bond acceptors (Lipinski definition) is 6. The quantitative estimate of drug-likeness (QED) is 0.380. The molecule has 0 bridgehead atoms. The van der Waals surface area contributed by atoms with Crippen LogP contribution >= 0.6 is 24.0 Å². The van der Waals surface area contributed by atoms with Crippen LogP contribution in [0.1, 0.15) is 24.6 Å². The molecule has 3 heterocycles. The molecule has 0 radical (unpaired) electrons. The molecule has 3 rings (SSSR count). The minimum atomic E-state index is 0. The second kappa shape index (κ2) is 10.0. The van der Waals surface area contributed by atoms with Crippen molar-refractivity contribution < 1.29 is 9.32 Å². The van der Waals surface area contributed by atoms with Gasteiger partial charge in [-0.15, -0.1) is 24.0 Å². The molecule has 2 saturated heterocycles. The summed E-state index contributed by atoms with van der Waals surface area (Å²) >= 11 is 0. The van der Waals surface area contributed by atoms with Gasteiger partial charge >= 0.3 is 0 Å². The second-order valence-corrected chi connectivity index (χ2v) is 6.48. The van der Waals surface area contributed by atoms with Crippen molar-refractivity contribution in [1.82, 2.24) is 30.2 Å². The highest BCUT2D eigenvalue weighted by atomic mass is 127. The molecule has 2 aliphatic rings. The van der Waals surface area contributed by atoms with E-state index in [9.17, 15) is 4.79 Å². The number of piperazine rings is 1. The molecular weight excluding hydrogens is 449 g/mol. The Morgan fingerprint density at radius 1 is 1.15 bits per heavy atom.